The molecule has 4 rings (SSSR count). The van der Waals surface area contributed by atoms with Crippen molar-refractivity contribution in [1.29, 1.82) is 0 Å². The number of aromatic amines is 1. The van der Waals surface area contributed by atoms with E-state index in [0.717, 1.165) is 43.4 Å². The predicted octanol–water partition coefficient (Wildman–Crippen LogP) is 1.40. The van der Waals surface area contributed by atoms with Crippen LogP contribution in [0.4, 0.5) is 0 Å². The molecule has 0 saturated carbocycles. The van der Waals surface area contributed by atoms with E-state index in [-0.39, 0.29) is 11.5 Å². The van der Waals surface area contributed by atoms with Crippen molar-refractivity contribution in [3.05, 3.63) is 47.0 Å². The van der Waals surface area contributed by atoms with Gasteiger partial charge in [-0.1, -0.05) is 0 Å². The van der Waals surface area contributed by atoms with Crippen molar-refractivity contribution in [2.75, 3.05) is 26.2 Å². The first kappa shape index (κ1) is 17.2. The van der Waals surface area contributed by atoms with Gasteiger partial charge in [0.05, 0.1) is 24.1 Å². The van der Waals surface area contributed by atoms with Gasteiger partial charge in [-0.05, 0) is 55.8 Å². The van der Waals surface area contributed by atoms with Crippen LogP contribution in [0.1, 0.15) is 46.4 Å². The quantitative estimate of drug-likeness (QED) is 0.864. The van der Waals surface area contributed by atoms with Gasteiger partial charge < -0.3 is 15.4 Å². The van der Waals surface area contributed by atoms with E-state index in [1.54, 1.807) is 6.20 Å². The van der Waals surface area contributed by atoms with Gasteiger partial charge in [-0.25, -0.2) is 0 Å². The molecular formula is C19H25N5O2. The number of nitrogens with zero attached hydrogens (tertiary/aromatic N) is 3. The lowest BCUT2D eigenvalue weighted by Crippen LogP contribution is -2.48. The minimum absolute atomic E-state index is 0.0441. The summed E-state index contributed by atoms with van der Waals surface area (Å²) in [6, 6.07) is 1.94. The van der Waals surface area contributed by atoms with E-state index in [1.165, 1.54) is 5.56 Å². The topological polar surface area (TPSA) is 97.1 Å². The second-order valence-electron chi connectivity index (χ2n) is 7.13. The van der Waals surface area contributed by atoms with E-state index >= 15 is 0 Å². The molecule has 0 aromatic carbocycles. The number of hydrogen-bond donors (Lipinski definition) is 2. The SMILES string of the molecule is NCCCc1cncc(C(=O)N2CCC3(CC2)OCCc2cn[nH]c23)c1. The van der Waals surface area contributed by atoms with Gasteiger partial charge in [0, 0.05) is 25.5 Å². The molecule has 1 spiro atoms. The van der Waals surface area contributed by atoms with Crippen molar-refractivity contribution in [2.24, 2.45) is 5.73 Å². The Bertz CT molecular complexity index is 780. The zero-order valence-electron chi connectivity index (χ0n) is 14.9. The van der Waals surface area contributed by atoms with Gasteiger partial charge >= 0.3 is 0 Å². The lowest BCUT2D eigenvalue weighted by Gasteiger charge is -2.43. The highest BCUT2D eigenvalue weighted by Crippen LogP contribution is 2.40. The summed E-state index contributed by atoms with van der Waals surface area (Å²) in [5, 5.41) is 7.31. The van der Waals surface area contributed by atoms with Crippen molar-refractivity contribution in [3.8, 4) is 0 Å². The second kappa shape index (κ2) is 7.17. The molecule has 26 heavy (non-hydrogen) atoms. The van der Waals surface area contributed by atoms with Crippen LogP contribution in [0, 0.1) is 0 Å². The summed E-state index contributed by atoms with van der Waals surface area (Å²) < 4.78 is 6.16. The maximum Gasteiger partial charge on any atom is 0.255 e. The summed E-state index contributed by atoms with van der Waals surface area (Å²) in [6.07, 6.45) is 9.59. The standard InChI is InChI=1S/C19H25N5O2/c20-6-1-2-14-10-16(12-21-11-14)18(25)24-7-4-19(5-8-24)17-15(3-9-26-19)13-22-23-17/h10-13H,1-9,20H2,(H,22,23). The summed E-state index contributed by atoms with van der Waals surface area (Å²) in [4.78, 5) is 19.0. The number of pyridine rings is 1. The Morgan fingerprint density at radius 1 is 1.31 bits per heavy atom. The Morgan fingerprint density at radius 2 is 2.15 bits per heavy atom. The molecule has 0 bridgehead atoms. The number of amides is 1. The Labute approximate surface area is 152 Å². The second-order valence-corrected chi connectivity index (χ2v) is 7.13. The van der Waals surface area contributed by atoms with Gasteiger partial charge in [-0.3, -0.25) is 14.9 Å². The van der Waals surface area contributed by atoms with Crippen LogP contribution in [0.5, 0.6) is 0 Å². The summed E-state index contributed by atoms with van der Waals surface area (Å²) in [6.45, 7) is 2.70. The normalized spacial score (nSPS) is 18.7. The molecule has 0 atom stereocenters. The van der Waals surface area contributed by atoms with Crippen LogP contribution in [0.3, 0.4) is 0 Å². The summed E-state index contributed by atoms with van der Waals surface area (Å²) in [5.41, 5.74) is 9.31. The number of carbonyl (C=O) groups is 1. The number of carbonyl (C=O) groups excluding carboxylic acids is 1. The molecule has 1 saturated heterocycles. The minimum atomic E-state index is -0.317. The number of rotatable bonds is 4. The molecule has 138 valence electrons. The monoisotopic (exact) mass is 355 g/mol. The van der Waals surface area contributed by atoms with Gasteiger partial charge in [0.2, 0.25) is 0 Å². The van der Waals surface area contributed by atoms with Crippen LogP contribution in [-0.4, -0.2) is 52.2 Å². The molecule has 7 nitrogen and oxygen atoms in total. The Balaban J connectivity index is 1.45. The van der Waals surface area contributed by atoms with Crippen LogP contribution >= 0.6 is 0 Å². The summed E-state index contributed by atoms with van der Waals surface area (Å²) in [7, 11) is 0. The maximum atomic E-state index is 12.9. The zero-order chi connectivity index (χ0) is 18.0. The van der Waals surface area contributed by atoms with Gasteiger partial charge in [0.25, 0.3) is 5.91 Å². The number of H-pyrrole nitrogens is 1. The number of nitrogens with two attached hydrogens (primary N) is 1. The molecular weight excluding hydrogens is 330 g/mol. The van der Waals surface area contributed by atoms with Crippen molar-refractivity contribution in [3.63, 3.8) is 0 Å². The number of nitrogens with one attached hydrogen (secondary N) is 1. The van der Waals surface area contributed by atoms with Crippen molar-refractivity contribution in [1.82, 2.24) is 20.1 Å². The number of fused-ring (bicyclic) bond motifs is 2. The molecule has 1 fully saturated rings. The van der Waals surface area contributed by atoms with Crippen LogP contribution in [-0.2, 0) is 23.2 Å². The fourth-order valence-corrected chi connectivity index (χ4v) is 4.02. The number of aryl methyl sites for hydroxylation is 1. The third-order valence-corrected chi connectivity index (χ3v) is 5.49. The smallest absolute Gasteiger partial charge is 0.255 e. The number of ether oxygens (including phenoxy) is 1. The highest BCUT2D eigenvalue weighted by Gasteiger charge is 2.43. The minimum Gasteiger partial charge on any atom is -0.368 e. The maximum absolute atomic E-state index is 12.9. The highest BCUT2D eigenvalue weighted by atomic mass is 16.5. The predicted molar refractivity (Wildman–Crippen MR) is 96.7 cm³/mol. The Kier molecular flexibility index (Phi) is 4.74. The lowest BCUT2D eigenvalue weighted by atomic mass is 9.83. The number of likely N-dealkylation sites (tertiary alicyclic amines) is 1. The van der Waals surface area contributed by atoms with Crippen molar-refractivity contribution < 1.29 is 9.53 Å². The molecule has 0 aliphatic carbocycles. The molecule has 2 aromatic heterocycles. The number of hydrogen-bond acceptors (Lipinski definition) is 5. The van der Waals surface area contributed by atoms with Crippen LogP contribution in [0.2, 0.25) is 0 Å². The summed E-state index contributed by atoms with van der Waals surface area (Å²) >= 11 is 0. The van der Waals surface area contributed by atoms with Crippen molar-refractivity contribution in [2.45, 2.75) is 37.7 Å². The van der Waals surface area contributed by atoms with Crippen LogP contribution in [0.25, 0.3) is 0 Å². The third kappa shape index (κ3) is 3.12. The van der Waals surface area contributed by atoms with E-state index in [4.69, 9.17) is 10.5 Å². The first-order chi connectivity index (χ1) is 12.7. The lowest BCUT2D eigenvalue weighted by molar-refractivity contribution is -0.0962. The van der Waals surface area contributed by atoms with E-state index in [0.29, 0.717) is 31.8 Å². The molecule has 1 amide bonds. The average molecular weight is 355 g/mol. The Morgan fingerprint density at radius 3 is 2.96 bits per heavy atom. The molecule has 3 N–H and O–H groups in total. The van der Waals surface area contributed by atoms with Crippen LogP contribution < -0.4 is 5.73 Å². The molecule has 2 aromatic rings. The molecule has 0 radical (unpaired) electrons. The zero-order valence-corrected chi connectivity index (χ0v) is 14.9. The van der Waals surface area contributed by atoms with E-state index in [1.807, 2.05) is 23.4 Å². The largest absolute Gasteiger partial charge is 0.368 e. The molecule has 4 heterocycles. The van der Waals surface area contributed by atoms with Crippen molar-refractivity contribution >= 4 is 5.91 Å². The first-order valence-corrected chi connectivity index (χ1v) is 9.32. The van der Waals surface area contributed by atoms with E-state index in [9.17, 15) is 4.79 Å². The van der Waals surface area contributed by atoms with Gasteiger partial charge in [0.15, 0.2) is 0 Å². The number of piperidine rings is 1. The third-order valence-electron chi connectivity index (χ3n) is 5.49. The highest BCUT2D eigenvalue weighted by molar-refractivity contribution is 5.94. The molecule has 2 aliphatic rings. The summed E-state index contributed by atoms with van der Waals surface area (Å²) in [5.74, 6) is 0.0441. The molecule has 2 aliphatic heterocycles. The number of aromatic nitrogens is 3. The van der Waals surface area contributed by atoms with Gasteiger partial charge in [0.1, 0.15) is 5.60 Å². The Hall–Kier alpha value is -2.25. The fraction of sp³-hybridized carbons (Fsp3) is 0.526. The average Bonchev–Trinajstić information content (AvgIpc) is 3.17. The van der Waals surface area contributed by atoms with E-state index in [2.05, 4.69) is 15.2 Å². The first-order valence-electron chi connectivity index (χ1n) is 9.32. The van der Waals surface area contributed by atoms with E-state index < -0.39 is 0 Å². The molecule has 0 unspecified atom stereocenters. The molecule has 7 heteroatoms. The fourth-order valence-electron chi connectivity index (χ4n) is 4.02. The van der Waals surface area contributed by atoms with Crippen LogP contribution in [0.15, 0.2) is 24.7 Å². The van der Waals surface area contributed by atoms with Gasteiger partial charge in [-0.15, -0.1) is 0 Å². The van der Waals surface area contributed by atoms with Gasteiger partial charge in [-0.2, -0.15) is 5.10 Å².